The largest absolute Gasteiger partial charge is 0.294 e. The molecule has 18 heavy (non-hydrogen) atoms. The molecule has 1 aromatic heterocycles. The molecule has 4 nitrogen and oxygen atoms in total. The van der Waals surface area contributed by atoms with Crippen molar-refractivity contribution < 1.29 is 4.79 Å². The summed E-state index contributed by atoms with van der Waals surface area (Å²) in [6, 6.07) is 1.63. The Kier molecular flexibility index (Phi) is 4.09. The van der Waals surface area contributed by atoms with Crippen molar-refractivity contribution in [1.82, 2.24) is 9.78 Å². The van der Waals surface area contributed by atoms with E-state index in [1.165, 1.54) is 11.6 Å². The first-order valence-corrected chi connectivity index (χ1v) is 6.26. The Hall–Kier alpha value is -1.45. The van der Waals surface area contributed by atoms with Gasteiger partial charge in [0.25, 0.3) is 5.56 Å². The normalized spacial score (nSPS) is 11.9. The molecule has 0 fully saturated rings. The highest BCUT2D eigenvalue weighted by Crippen LogP contribution is 2.19. The highest BCUT2D eigenvalue weighted by atomic mass is 16.1. The minimum atomic E-state index is -0.288. The van der Waals surface area contributed by atoms with E-state index >= 15 is 0 Å². The predicted molar refractivity (Wildman–Crippen MR) is 72.0 cm³/mol. The second kappa shape index (κ2) is 5.04. The molecular weight excluding hydrogens is 228 g/mol. The maximum absolute atomic E-state index is 12.1. The van der Waals surface area contributed by atoms with E-state index in [9.17, 15) is 9.59 Å². The van der Waals surface area contributed by atoms with Crippen LogP contribution in [0.15, 0.2) is 10.9 Å². The second-order valence-corrected chi connectivity index (χ2v) is 6.13. The monoisotopic (exact) mass is 250 g/mol. The minimum absolute atomic E-state index is 0.184. The van der Waals surface area contributed by atoms with Crippen molar-refractivity contribution in [3.63, 3.8) is 0 Å². The first kappa shape index (κ1) is 14.6. The Bertz CT molecular complexity index is 508. The van der Waals surface area contributed by atoms with E-state index in [1.54, 1.807) is 6.07 Å². The van der Waals surface area contributed by atoms with Gasteiger partial charge in [0.1, 0.15) is 0 Å². The smallest absolute Gasteiger partial charge is 0.277 e. The Labute approximate surface area is 108 Å². The zero-order chi connectivity index (χ0) is 14.1. The maximum Gasteiger partial charge on any atom is 0.277 e. The summed E-state index contributed by atoms with van der Waals surface area (Å²) in [5.41, 5.74) is 0.532. The average molecular weight is 250 g/mol. The molecule has 0 aliphatic rings. The average Bonchev–Trinajstić information content (AvgIpc) is 2.18. The summed E-state index contributed by atoms with van der Waals surface area (Å²) in [7, 11) is 0. The quantitative estimate of drug-likeness (QED) is 0.774. The molecule has 0 spiro atoms. The predicted octanol–water partition coefficient (Wildman–Crippen LogP) is 2.40. The number of aromatic nitrogens is 2. The number of rotatable bonds is 3. The van der Waals surface area contributed by atoms with Gasteiger partial charge in [0, 0.05) is 12.0 Å². The van der Waals surface area contributed by atoms with Gasteiger partial charge in [-0.25, -0.2) is 4.68 Å². The Morgan fingerprint density at radius 1 is 1.39 bits per heavy atom. The molecule has 1 heterocycles. The molecule has 0 aromatic carbocycles. The molecular formula is C14H22N2O2. The van der Waals surface area contributed by atoms with E-state index in [2.05, 4.69) is 5.10 Å². The molecule has 0 N–H and O–H groups in total. The summed E-state index contributed by atoms with van der Waals surface area (Å²) in [6.07, 6.45) is 0. The fourth-order valence-corrected chi connectivity index (χ4v) is 1.63. The maximum atomic E-state index is 12.1. The molecule has 100 valence electrons. The molecule has 0 saturated carbocycles. The Morgan fingerprint density at radius 2 is 1.94 bits per heavy atom. The van der Waals surface area contributed by atoms with Crippen LogP contribution in [-0.2, 0) is 12.0 Å². The van der Waals surface area contributed by atoms with Gasteiger partial charge in [0.2, 0.25) is 0 Å². The van der Waals surface area contributed by atoms with E-state index in [-0.39, 0.29) is 22.3 Å². The third-order valence-corrected chi connectivity index (χ3v) is 2.66. The van der Waals surface area contributed by atoms with Gasteiger partial charge in [0.05, 0.1) is 11.3 Å². The second-order valence-electron chi connectivity index (χ2n) is 6.13. The van der Waals surface area contributed by atoms with Crippen molar-refractivity contribution in [2.75, 3.05) is 0 Å². The van der Waals surface area contributed by atoms with Gasteiger partial charge >= 0.3 is 0 Å². The topological polar surface area (TPSA) is 52.0 Å². The molecule has 1 aromatic rings. The molecule has 0 bridgehead atoms. The minimum Gasteiger partial charge on any atom is -0.294 e. The lowest BCUT2D eigenvalue weighted by Gasteiger charge is -2.20. The van der Waals surface area contributed by atoms with E-state index < -0.39 is 0 Å². The number of carbonyl (C=O) groups is 1. The third-order valence-electron chi connectivity index (χ3n) is 2.66. The summed E-state index contributed by atoms with van der Waals surface area (Å²) in [5.74, 6) is 0.107. The van der Waals surface area contributed by atoms with Crippen molar-refractivity contribution in [3.8, 4) is 0 Å². The number of carbonyl (C=O) groups excluding carboxylic acids is 1. The van der Waals surface area contributed by atoms with Crippen LogP contribution >= 0.6 is 0 Å². The van der Waals surface area contributed by atoms with E-state index in [0.717, 1.165) is 5.69 Å². The van der Waals surface area contributed by atoms with Crippen molar-refractivity contribution in [2.24, 2.45) is 5.92 Å². The van der Waals surface area contributed by atoms with Gasteiger partial charge in [-0.3, -0.25) is 9.59 Å². The van der Waals surface area contributed by atoms with Gasteiger partial charge in [-0.1, -0.05) is 34.6 Å². The van der Waals surface area contributed by atoms with E-state index in [4.69, 9.17) is 0 Å². The highest BCUT2D eigenvalue weighted by molar-refractivity contribution is 5.93. The van der Waals surface area contributed by atoms with Crippen LogP contribution in [0, 0.1) is 5.92 Å². The molecule has 4 heteroatoms. The molecule has 0 unspecified atom stereocenters. The van der Waals surface area contributed by atoms with Crippen LogP contribution in [0.1, 0.15) is 57.6 Å². The number of nitrogens with zero attached hydrogens (tertiary/aromatic N) is 2. The van der Waals surface area contributed by atoms with Gasteiger partial charge in [0.15, 0.2) is 5.78 Å². The lowest BCUT2D eigenvalue weighted by molar-refractivity contribution is 0.101. The summed E-state index contributed by atoms with van der Waals surface area (Å²) in [6.45, 7) is 12.0. The lowest BCUT2D eigenvalue weighted by Crippen LogP contribution is -2.32. The molecule has 1 rings (SSSR count). The molecule has 0 saturated heterocycles. The van der Waals surface area contributed by atoms with Crippen molar-refractivity contribution in [2.45, 2.75) is 53.5 Å². The first-order valence-electron chi connectivity index (χ1n) is 6.26. The highest BCUT2D eigenvalue weighted by Gasteiger charge is 2.21. The molecule has 0 radical (unpaired) electrons. The van der Waals surface area contributed by atoms with Crippen LogP contribution in [0.3, 0.4) is 0 Å². The summed E-state index contributed by atoms with van der Waals surface area (Å²) < 4.78 is 1.42. The molecule has 0 atom stereocenters. The summed E-state index contributed by atoms with van der Waals surface area (Å²) in [4.78, 5) is 23.6. The van der Waals surface area contributed by atoms with Crippen LogP contribution in [0.4, 0.5) is 0 Å². The Morgan fingerprint density at radius 3 is 2.33 bits per heavy atom. The van der Waals surface area contributed by atoms with Crippen LogP contribution < -0.4 is 5.56 Å². The van der Waals surface area contributed by atoms with Crippen molar-refractivity contribution in [3.05, 3.63) is 27.7 Å². The third kappa shape index (κ3) is 3.28. The van der Waals surface area contributed by atoms with Gasteiger partial charge in [-0.05, 0) is 18.9 Å². The fourth-order valence-electron chi connectivity index (χ4n) is 1.63. The summed E-state index contributed by atoms with van der Waals surface area (Å²) >= 11 is 0. The van der Waals surface area contributed by atoms with Crippen LogP contribution in [0.2, 0.25) is 0 Å². The number of hydrogen-bond donors (Lipinski definition) is 0. The number of ketones is 1. The standard InChI is InChI=1S/C14H22N2O2/c1-9(2)8-16-13(18)11(10(3)17)7-12(15-16)14(4,5)6/h7,9H,8H2,1-6H3. The van der Waals surface area contributed by atoms with Crippen molar-refractivity contribution >= 4 is 5.78 Å². The van der Waals surface area contributed by atoms with Gasteiger partial charge < -0.3 is 0 Å². The Balaban J connectivity index is 3.47. The van der Waals surface area contributed by atoms with Crippen LogP contribution in [0.25, 0.3) is 0 Å². The zero-order valence-corrected chi connectivity index (χ0v) is 12.1. The summed E-state index contributed by atoms with van der Waals surface area (Å²) in [5, 5.41) is 4.38. The lowest BCUT2D eigenvalue weighted by atomic mass is 9.91. The number of hydrogen-bond acceptors (Lipinski definition) is 3. The molecule has 0 amide bonds. The van der Waals surface area contributed by atoms with Crippen LogP contribution in [-0.4, -0.2) is 15.6 Å². The van der Waals surface area contributed by atoms with E-state index in [0.29, 0.717) is 12.5 Å². The van der Waals surface area contributed by atoms with E-state index in [1.807, 2.05) is 34.6 Å². The van der Waals surface area contributed by atoms with Gasteiger partial charge in [-0.15, -0.1) is 0 Å². The first-order chi connectivity index (χ1) is 8.12. The SMILES string of the molecule is CC(=O)c1cc(C(C)(C)C)nn(CC(C)C)c1=O. The van der Waals surface area contributed by atoms with Gasteiger partial charge in [-0.2, -0.15) is 5.10 Å². The van der Waals surface area contributed by atoms with Crippen LogP contribution in [0.5, 0.6) is 0 Å². The zero-order valence-electron chi connectivity index (χ0n) is 12.1. The molecule has 0 aliphatic heterocycles. The molecule has 0 aliphatic carbocycles. The van der Waals surface area contributed by atoms with Crippen molar-refractivity contribution in [1.29, 1.82) is 0 Å². The fraction of sp³-hybridized carbons (Fsp3) is 0.643. The number of Topliss-reactive ketones (excluding diaryl/α,β-unsaturated/α-hetero) is 1.